The topological polar surface area (TPSA) is 58.9 Å². The summed E-state index contributed by atoms with van der Waals surface area (Å²) in [5.41, 5.74) is 2.52. The minimum atomic E-state index is -0.149. The second-order valence-electron chi connectivity index (χ2n) is 6.01. The Morgan fingerprint density at radius 3 is 2.38 bits per heavy atom. The van der Waals surface area contributed by atoms with E-state index in [4.69, 9.17) is 9.47 Å². The molecule has 0 aliphatic rings. The number of allylic oxidation sites excluding steroid dienone is 1. The van der Waals surface area contributed by atoms with Crippen LogP contribution in [-0.4, -0.2) is 24.4 Å². The number of phenols is 2. The van der Waals surface area contributed by atoms with Crippen LogP contribution in [0, 0.1) is 0 Å². The molecule has 0 radical (unpaired) electrons. The summed E-state index contributed by atoms with van der Waals surface area (Å²) < 4.78 is 10.9. The number of methoxy groups -OCH3 is 2. The highest BCUT2D eigenvalue weighted by Crippen LogP contribution is 2.32. The first-order chi connectivity index (χ1) is 12.5. The standard InChI is InChI=1S/C22H26O4/c1-6-8-15-12-19(23)20(24)13-18(15)14(3)11-16-9-10-21(25-4)22(26-5)17(16)7-2/h7,9-13,23-24H,3,6,8H2,1-2,4-5H3/b16-11-,17-7+. The third-order valence-corrected chi connectivity index (χ3v) is 4.30. The number of aryl methyl sites for hydroxylation is 1. The molecule has 0 saturated heterocycles. The number of benzene rings is 2. The van der Waals surface area contributed by atoms with E-state index in [0.29, 0.717) is 11.5 Å². The minimum absolute atomic E-state index is 0.112. The van der Waals surface area contributed by atoms with Gasteiger partial charge in [-0.3, -0.25) is 0 Å². The van der Waals surface area contributed by atoms with Crippen LogP contribution in [0.2, 0.25) is 0 Å². The third-order valence-electron chi connectivity index (χ3n) is 4.30. The van der Waals surface area contributed by atoms with E-state index in [2.05, 4.69) is 13.5 Å². The van der Waals surface area contributed by atoms with Crippen molar-refractivity contribution in [1.82, 2.24) is 0 Å². The summed E-state index contributed by atoms with van der Waals surface area (Å²) in [5.74, 6) is 1.07. The molecule has 0 bridgehead atoms. The van der Waals surface area contributed by atoms with Crippen LogP contribution in [0.4, 0.5) is 0 Å². The lowest BCUT2D eigenvalue weighted by molar-refractivity contribution is 0.352. The van der Waals surface area contributed by atoms with Gasteiger partial charge in [-0.15, -0.1) is 0 Å². The Morgan fingerprint density at radius 1 is 1.12 bits per heavy atom. The molecule has 4 nitrogen and oxygen atoms in total. The van der Waals surface area contributed by atoms with Gasteiger partial charge in [0.15, 0.2) is 23.0 Å². The summed E-state index contributed by atoms with van der Waals surface area (Å²) in [6.45, 7) is 8.18. The van der Waals surface area contributed by atoms with Crippen LogP contribution in [0.15, 0.2) is 30.8 Å². The zero-order chi connectivity index (χ0) is 19.3. The summed E-state index contributed by atoms with van der Waals surface area (Å²) >= 11 is 0. The number of hydrogen-bond donors (Lipinski definition) is 2. The van der Waals surface area contributed by atoms with E-state index in [1.165, 1.54) is 0 Å². The van der Waals surface area contributed by atoms with Crippen molar-refractivity contribution in [2.24, 2.45) is 0 Å². The maximum absolute atomic E-state index is 9.91. The molecule has 26 heavy (non-hydrogen) atoms. The van der Waals surface area contributed by atoms with Crippen molar-refractivity contribution in [3.05, 3.63) is 52.4 Å². The largest absolute Gasteiger partial charge is 0.504 e. The second kappa shape index (κ2) is 8.48. The first-order valence-electron chi connectivity index (χ1n) is 8.59. The molecule has 0 heterocycles. The highest BCUT2D eigenvalue weighted by molar-refractivity contribution is 5.89. The lowest BCUT2D eigenvalue weighted by atomic mass is 9.96. The molecule has 0 aromatic heterocycles. The number of rotatable bonds is 6. The molecule has 138 valence electrons. The Morgan fingerprint density at radius 2 is 1.81 bits per heavy atom. The SMILES string of the molecule is C=C(/C=c1/ccc(OC)c(OC)/c1=C/C)c1cc(O)c(O)cc1CCC. The quantitative estimate of drug-likeness (QED) is 0.781. The highest BCUT2D eigenvalue weighted by atomic mass is 16.5. The number of hydrogen-bond acceptors (Lipinski definition) is 4. The molecule has 2 rings (SSSR count). The van der Waals surface area contributed by atoms with Gasteiger partial charge in [-0.2, -0.15) is 0 Å². The average Bonchev–Trinajstić information content (AvgIpc) is 2.63. The first-order valence-corrected chi connectivity index (χ1v) is 8.59. The van der Waals surface area contributed by atoms with Crippen molar-refractivity contribution in [3.63, 3.8) is 0 Å². The molecular formula is C22H26O4. The summed E-state index contributed by atoms with van der Waals surface area (Å²) in [5, 5.41) is 21.6. The predicted molar refractivity (Wildman–Crippen MR) is 106 cm³/mol. The van der Waals surface area contributed by atoms with E-state index in [1.54, 1.807) is 26.4 Å². The molecule has 4 heteroatoms. The van der Waals surface area contributed by atoms with Crippen LogP contribution in [0.5, 0.6) is 23.0 Å². The lowest BCUT2D eigenvalue weighted by Gasteiger charge is -2.12. The van der Waals surface area contributed by atoms with E-state index in [-0.39, 0.29) is 11.5 Å². The summed E-state index contributed by atoms with van der Waals surface area (Å²) in [4.78, 5) is 0. The van der Waals surface area contributed by atoms with Crippen LogP contribution >= 0.6 is 0 Å². The molecule has 2 aromatic carbocycles. The zero-order valence-corrected chi connectivity index (χ0v) is 15.8. The number of ether oxygens (including phenoxy) is 2. The Kier molecular flexibility index (Phi) is 6.34. The van der Waals surface area contributed by atoms with Crippen LogP contribution in [0.25, 0.3) is 17.7 Å². The molecular weight excluding hydrogens is 328 g/mol. The molecule has 0 atom stereocenters. The smallest absolute Gasteiger partial charge is 0.168 e. The van der Waals surface area contributed by atoms with Crippen molar-refractivity contribution in [1.29, 1.82) is 0 Å². The Balaban J connectivity index is 2.65. The average molecular weight is 354 g/mol. The Bertz CT molecular complexity index is 926. The van der Waals surface area contributed by atoms with Gasteiger partial charge in [-0.05, 0) is 59.5 Å². The van der Waals surface area contributed by atoms with Gasteiger partial charge in [0, 0.05) is 5.22 Å². The lowest BCUT2D eigenvalue weighted by Crippen LogP contribution is -2.26. The fraction of sp³-hybridized carbons (Fsp3) is 0.273. The Labute approximate surface area is 154 Å². The number of aromatic hydroxyl groups is 2. The van der Waals surface area contributed by atoms with Crippen molar-refractivity contribution in [2.45, 2.75) is 26.7 Å². The molecule has 0 saturated carbocycles. The molecule has 2 aromatic rings. The van der Waals surface area contributed by atoms with E-state index < -0.39 is 0 Å². The van der Waals surface area contributed by atoms with Crippen LogP contribution < -0.4 is 19.9 Å². The molecule has 0 fully saturated rings. The maximum Gasteiger partial charge on any atom is 0.168 e. The summed E-state index contributed by atoms with van der Waals surface area (Å²) in [6.07, 6.45) is 5.62. The van der Waals surface area contributed by atoms with Gasteiger partial charge in [-0.1, -0.05) is 32.1 Å². The van der Waals surface area contributed by atoms with Crippen LogP contribution in [-0.2, 0) is 6.42 Å². The highest BCUT2D eigenvalue weighted by Gasteiger charge is 2.11. The van der Waals surface area contributed by atoms with E-state index in [1.807, 2.05) is 31.2 Å². The normalized spacial score (nSPS) is 12.3. The van der Waals surface area contributed by atoms with Crippen LogP contribution in [0.3, 0.4) is 0 Å². The van der Waals surface area contributed by atoms with Crippen molar-refractivity contribution in [2.75, 3.05) is 14.2 Å². The predicted octanol–water partition coefficient (Wildman–Crippen LogP) is 3.36. The zero-order valence-electron chi connectivity index (χ0n) is 15.8. The van der Waals surface area contributed by atoms with Crippen LogP contribution in [0.1, 0.15) is 31.4 Å². The molecule has 0 aliphatic carbocycles. The van der Waals surface area contributed by atoms with Crippen molar-refractivity contribution >= 4 is 17.7 Å². The van der Waals surface area contributed by atoms with Gasteiger partial charge in [0.1, 0.15) is 0 Å². The minimum Gasteiger partial charge on any atom is -0.504 e. The fourth-order valence-electron chi connectivity index (χ4n) is 3.05. The molecule has 0 unspecified atom stereocenters. The van der Waals surface area contributed by atoms with Gasteiger partial charge in [-0.25, -0.2) is 0 Å². The second-order valence-corrected chi connectivity index (χ2v) is 6.01. The summed E-state index contributed by atoms with van der Waals surface area (Å²) in [7, 11) is 3.22. The van der Waals surface area contributed by atoms with E-state index in [0.717, 1.165) is 40.0 Å². The van der Waals surface area contributed by atoms with Crippen molar-refractivity contribution in [3.8, 4) is 23.0 Å². The van der Waals surface area contributed by atoms with Gasteiger partial charge in [0.05, 0.1) is 14.2 Å². The van der Waals surface area contributed by atoms with Crippen molar-refractivity contribution < 1.29 is 19.7 Å². The molecule has 0 amide bonds. The fourth-order valence-corrected chi connectivity index (χ4v) is 3.05. The number of phenolic OH excluding ortho intramolecular Hbond substituents is 2. The summed E-state index contributed by atoms with van der Waals surface area (Å²) in [6, 6.07) is 6.97. The third kappa shape index (κ3) is 3.85. The van der Waals surface area contributed by atoms with E-state index in [9.17, 15) is 10.2 Å². The van der Waals surface area contributed by atoms with E-state index >= 15 is 0 Å². The van der Waals surface area contributed by atoms with Gasteiger partial charge in [0.2, 0.25) is 0 Å². The molecule has 2 N–H and O–H groups in total. The van der Waals surface area contributed by atoms with Gasteiger partial charge < -0.3 is 19.7 Å². The maximum atomic E-state index is 9.91. The van der Waals surface area contributed by atoms with Gasteiger partial charge >= 0.3 is 0 Å². The molecule has 0 aliphatic heterocycles. The van der Waals surface area contributed by atoms with Gasteiger partial charge in [0.25, 0.3) is 0 Å². The Hall–Kier alpha value is -2.88. The first kappa shape index (κ1) is 19.4. The monoisotopic (exact) mass is 354 g/mol. The molecule has 0 spiro atoms.